The maximum absolute atomic E-state index is 11.8. The number of Topliss-reactive ketones (excluding diaryl/α,β-unsaturated/α-hetero) is 1. The Hall–Kier alpha value is -1.05. The normalized spacial score (nSPS) is 11.0. The molecule has 0 aromatic carbocycles. The molecule has 0 N–H and O–H groups in total. The van der Waals surface area contributed by atoms with Crippen LogP contribution in [0, 0.1) is 19.8 Å². The summed E-state index contributed by atoms with van der Waals surface area (Å²) in [5.74, 6) is 2.46. The second-order valence-electron chi connectivity index (χ2n) is 4.54. The van der Waals surface area contributed by atoms with Gasteiger partial charge in [-0.25, -0.2) is 0 Å². The summed E-state index contributed by atoms with van der Waals surface area (Å²) in [6, 6.07) is 1.84. The first-order chi connectivity index (χ1) is 7.00. The van der Waals surface area contributed by atoms with E-state index in [2.05, 4.69) is 13.8 Å². The lowest BCUT2D eigenvalue weighted by Crippen LogP contribution is -2.00. The van der Waals surface area contributed by atoms with Crippen molar-refractivity contribution in [1.29, 1.82) is 0 Å². The third kappa shape index (κ3) is 3.54. The number of aryl methyl sites for hydroxylation is 2. The first-order valence-electron chi connectivity index (χ1n) is 5.61. The maximum atomic E-state index is 11.8. The molecule has 1 rings (SSSR count). The molecule has 0 aliphatic heterocycles. The Morgan fingerprint density at radius 3 is 2.53 bits per heavy atom. The predicted octanol–water partition coefficient (Wildman–Crippen LogP) is 3.91. The summed E-state index contributed by atoms with van der Waals surface area (Å²) in [5, 5.41) is 0. The van der Waals surface area contributed by atoms with Crippen LogP contribution in [0.15, 0.2) is 10.5 Å². The van der Waals surface area contributed by atoms with Gasteiger partial charge < -0.3 is 4.42 Å². The third-order valence-corrected chi connectivity index (χ3v) is 2.53. The molecule has 0 saturated carbocycles. The van der Waals surface area contributed by atoms with E-state index < -0.39 is 0 Å². The van der Waals surface area contributed by atoms with Gasteiger partial charge in [-0.05, 0) is 32.3 Å². The lowest BCUT2D eigenvalue weighted by Gasteiger charge is -2.02. The molecule has 0 saturated heterocycles. The summed E-state index contributed by atoms with van der Waals surface area (Å²) in [5.41, 5.74) is 0.760. The fraction of sp³-hybridized carbons (Fsp3) is 0.615. The van der Waals surface area contributed by atoms with Crippen LogP contribution in [0.25, 0.3) is 0 Å². The van der Waals surface area contributed by atoms with Crippen LogP contribution in [0.4, 0.5) is 0 Å². The number of hydrogen-bond acceptors (Lipinski definition) is 2. The van der Waals surface area contributed by atoms with E-state index in [0.717, 1.165) is 29.9 Å². The van der Waals surface area contributed by atoms with Gasteiger partial charge in [0, 0.05) is 6.42 Å². The summed E-state index contributed by atoms with van der Waals surface area (Å²) in [6.07, 6.45) is 2.72. The second-order valence-corrected chi connectivity index (χ2v) is 4.54. The molecule has 0 unspecified atom stereocenters. The molecular weight excluding hydrogens is 188 g/mol. The van der Waals surface area contributed by atoms with Crippen molar-refractivity contribution in [3.8, 4) is 0 Å². The highest BCUT2D eigenvalue weighted by Crippen LogP contribution is 2.17. The van der Waals surface area contributed by atoms with Crippen molar-refractivity contribution in [3.63, 3.8) is 0 Å². The lowest BCUT2D eigenvalue weighted by atomic mass is 10.0. The zero-order valence-electron chi connectivity index (χ0n) is 10.1. The molecule has 1 heterocycles. The Labute approximate surface area is 91.7 Å². The fourth-order valence-electron chi connectivity index (χ4n) is 1.71. The summed E-state index contributed by atoms with van der Waals surface area (Å²) in [4.78, 5) is 11.8. The minimum Gasteiger partial charge on any atom is -0.466 e. The highest BCUT2D eigenvalue weighted by atomic mass is 16.3. The van der Waals surface area contributed by atoms with Crippen LogP contribution in [0.5, 0.6) is 0 Å². The number of carbonyl (C=O) groups excluding carboxylic acids is 1. The molecule has 15 heavy (non-hydrogen) atoms. The van der Waals surface area contributed by atoms with E-state index in [1.807, 2.05) is 19.9 Å². The molecule has 0 fully saturated rings. The van der Waals surface area contributed by atoms with Gasteiger partial charge in [-0.1, -0.05) is 20.3 Å². The van der Waals surface area contributed by atoms with Crippen LogP contribution in [0.3, 0.4) is 0 Å². The van der Waals surface area contributed by atoms with Crippen molar-refractivity contribution in [2.45, 2.75) is 47.0 Å². The largest absolute Gasteiger partial charge is 0.466 e. The SMILES string of the molecule is Cc1cc(C(=O)CCCC(C)C)c(C)o1. The predicted molar refractivity (Wildman–Crippen MR) is 61.2 cm³/mol. The summed E-state index contributed by atoms with van der Waals surface area (Å²) >= 11 is 0. The van der Waals surface area contributed by atoms with Gasteiger partial charge in [0.05, 0.1) is 5.56 Å². The van der Waals surface area contributed by atoms with Gasteiger partial charge >= 0.3 is 0 Å². The average molecular weight is 208 g/mol. The number of ketones is 1. The topological polar surface area (TPSA) is 30.2 Å². The van der Waals surface area contributed by atoms with Gasteiger partial charge in [-0.2, -0.15) is 0 Å². The van der Waals surface area contributed by atoms with E-state index in [4.69, 9.17) is 4.42 Å². The van der Waals surface area contributed by atoms with E-state index in [0.29, 0.717) is 12.3 Å². The smallest absolute Gasteiger partial charge is 0.166 e. The molecule has 0 atom stereocenters. The highest BCUT2D eigenvalue weighted by Gasteiger charge is 2.12. The quantitative estimate of drug-likeness (QED) is 0.687. The molecule has 0 radical (unpaired) electrons. The molecule has 0 spiro atoms. The van der Waals surface area contributed by atoms with Crippen molar-refractivity contribution in [3.05, 3.63) is 23.2 Å². The number of furan rings is 1. The van der Waals surface area contributed by atoms with Crippen molar-refractivity contribution >= 4 is 5.78 Å². The van der Waals surface area contributed by atoms with Gasteiger partial charge in [0.25, 0.3) is 0 Å². The minimum absolute atomic E-state index is 0.213. The van der Waals surface area contributed by atoms with Crippen LogP contribution >= 0.6 is 0 Å². The molecule has 0 amide bonds. The first kappa shape index (κ1) is 12.0. The second kappa shape index (κ2) is 5.15. The minimum atomic E-state index is 0.213. The molecule has 0 aliphatic rings. The maximum Gasteiger partial charge on any atom is 0.166 e. The van der Waals surface area contributed by atoms with Gasteiger partial charge in [0.15, 0.2) is 5.78 Å². The zero-order chi connectivity index (χ0) is 11.4. The zero-order valence-corrected chi connectivity index (χ0v) is 10.1. The molecule has 0 bridgehead atoms. The van der Waals surface area contributed by atoms with Crippen molar-refractivity contribution < 1.29 is 9.21 Å². The molecule has 1 aromatic heterocycles. The molecule has 1 aromatic rings. The van der Waals surface area contributed by atoms with Crippen LogP contribution in [-0.4, -0.2) is 5.78 Å². The number of hydrogen-bond donors (Lipinski definition) is 0. The standard InChI is InChI=1S/C13H20O2/c1-9(2)6-5-7-13(14)12-8-10(3)15-11(12)4/h8-9H,5-7H2,1-4H3. The van der Waals surface area contributed by atoms with Gasteiger partial charge in [0.2, 0.25) is 0 Å². The van der Waals surface area contributed by atoms with Gasteiger partial charge in [-0.3, -0.25) is 4.79 Å². The van der Waals surface area contributed by atoms with E-state index in [9.17, 15) is 4.79 Å². The molecule has 84 valence electrons. The number of carbonyl (C=O) groups is 1. The van der Waals surface area contributed by atoms with Crippen LogP contribution in [-0.2, 0) is 0 Å². The number of rotatable bonds is 5. The third-order valence-electron chi connectivity index (χ3n) is 2.53. The van der Waals surface area contributed by atoms with Crippen LogP contribution in [0.2, 0.25) is 0 Å². The Kier molecular flexibility index (Phi) is 4.13. The highest BCUT2D eigenvalue weighted by molar-refractivity contribution is 5.97. The lowest BCUT2D eigenvalue weighted by molar-refractivity contribution is 0.0977. The van der Waals surface area contributed by atoms with Gasteiger partial charge in [-0.15, -0.1) is 0 Å². The van der Waals surface area contributed by atoms with E-state index >= 15 is 0 Å². The Morgan fingerprint density at radius 1 is 1.40 bits per heavy atom. The molecule has 2 nitrogen and oxygen atoms in total. The summed E-state index contributed by atoms with van der Waals surface area (Å²) < 4.78 is 5.34. The van der Waals surface area contributed by atoms with Crippen LogP contribution < -0.4 is 0 Å². The monoisotopic (exact) mass is 208 g/mol. The Morgan fingerprint density at radius 2 is 2.07 bits per heavy atom. The summed E-state index contributed by atoms with van der Waals surface area (Å²) in [7, 11) is 0. The molecule has 2 heteroatoms. The Bertz CT molecular complexity index is 334. The van der Waals surface area contributed by atoms with Crippen LogP contribution in [0.1, 0.15) is 55.0 Å². The summed E-state index contributed by atoms with van der Waals surface area (Å²) in [6.45, 7) is 8.08. The average Bonchev–Trinajstić information content (AvgIpc) is 2.44. The van der Waals surface area contributed by atoms with Gasteiger partial charge in [0.1, 0.15) is 11.5 Å². The van der Waals surface area contributed by atoms with Crippen molar-refractivity contribution in [1.82, 2.24) is 0 Å². The van der Waals surface area contributed by atoms with E-state index in [-0.39, 0.29) is 5.78 Å². The first-order valence-corrected chi connectivity index (χ1v) is 5.61. The molecule has 0 aliphatic carbocycles. The van der Waals surface area contributed by atoms with Crippen molar-refractivity contribution in [2.75, 3.05) is 0 Å². The molecular formula is C13H20O2. The van der Waals surface area contributed by atoms with Crippen molar-refractivity contribution in [2.24, 2.45) is 5.92 Å². The van der Waals surface area contributed by atoms with E-state index in [1.54, 1.807) is 0 Å². The Balaban J connectivity index is 2.50. The fourth-order valence-corrected chi connectivity index (χ4v) is 1.71. The van der Waals surface area contributed by atoms with E-state index in [1.165, 1.54) is 0 Å².